The molecule has 0 fully saturated rings. The second-order valence-corrected chi connectivity index (χ2v) is 11.9. The maximum absolute atomic E-state index is 9.16. The third kappa shape index (κ3) is 5.68. The minimum Gasteiger partial charge on any atom is -0.577 e. The third-order valence-electron chi connectivity index (χ3n) is 8.99. The predicted molar refractivity (Wildman–Crippen MR) is 187 cm³/mol. The van der Waals surface area contributed by atoms with Gasteiger partial charge in [0.2, 0.25) is 5.95 Å². The van der Waals surface area contributed by atoms with Gasteiger partial charge in [-0.15, -0.1) is 4.99 Å². The second kappa shape index (κ2) is 12.8. The van der Waals surface area contributed by atoms with Crippen LogP contribution in [0.2, 0.25) is 0 Å². The van der Waals surface area contributed by atoms with E-state index in [2.05, 4.69) is 61.3 Å². The lowest BCUT2D eigenvalue weighted by Crippen LogP contribution is -2.37. The standard InChI is InChI=1S/C38H36N8O/c1-26(2)37(3,31-19-20-32(41-23-31)27-21-42-36(40)43-22-27)35(39)45-34(47)33-24-46(25-44-33)38(28-13-7-4-8-14-28,29-15-9-5-10-16-29)30-17-11-6-12-18-30/h4-26H,1-3H3,(H2,39,45,47)(H2,40,42,43)/p+1. The van der Waals surface area contributed by atoms with Crippen LogP contribution in [0.1, 0.15) is 48.7 Å². The average molecular weight is 622 g/mol. The molecule has 3 heterocycles. The number of nitrogens with two attached hydrogens (primary N) is 1. The van der Waals surface area contributed by atoms with E-state index in [1.807, 2.05) is 98.3 Å². The highest BCUT2D eigenvalue weighted by molar-refractivity contribution is 6.03. The summed E-state index contributed by atoms with van der Waals surface area (Å²) in [6.07, 6.45) is 8.62. The van der Waals surface area contributed by atoms with Crippen molar-refractivity contribution in [3.05, 3.63) is 162 Å². The number of nitrogen functional groups attached to an aromatic ring is 1. The number of imidazole rings is 1. The molecule has 0 amide bonds. The lowest BCUT2D eigenvalue weighted by atomic mass is 9.73. The van der Waals surface area contributed by atoms with E-state index in [1.165, 1.54) is 0 Å². The number of nitrogens with zero attached hydrogens (tertiary/aromatic N) is 6. The summed E-state index contributed by atoms with van der Waals surface area (Å²) in [5.41, 5.74) is 9.81. The second-order valence-electron chi connectivity index (χ2n) is 11.9. The number of benzene rings is 3. The molecule has 0 saturated carbocycles. The van der Waals surface area contributed by atoms with Crippen molar-refractivity contribution in [3.8, 4) is 11.3 Å². The van der Waals surface area contributed by atoms with Crippen LogP contribution in [0.3, 0.4) is 0 Å². The first-order valence-electron chi connectivity index (χ1n) is 15.4. The molecular weight excluding hydrogens is 584 g/mol. The Hall–Kier alpha value is -5.96. The normalized spacial score (nSPS) is 13.3. The highest BCUT2D eigenvalue weighted by Gasteiger charge is 2.40. The van der Waals surface area contributed by atoms with Gasteiger partial charge in [-0.05, 0) is 41.2 Å². The van der Waals surface area contributed by atoms with Crippen LogP contribution in [0.15, 0.2) is 139 Å². The van der Waals surface area contributed by atoms with E-state index >= 15 is 0 Å². The van der Waals surface area contributed by atoms with Crippen molar-refractivity contribution in [1.29, 1.82) is 5.41 Å². The van der Waals surface area contributed by atoms with E-state index in [9.17, 15) is 0 Å². The summed E-state index contributed by atoms with van der Waals surface area (Å²) in [6, 6.07) is 34.7. The van der Waals surface area contributed by atoms with Gasteiger partial charge in [-0.3, -0.25) is 10.4 Å². The van der Waals surface area contributed by atoms with Gasteiger partial charge in [0.1, 0.15) is 11.4 Å². The van der Waals surface area contributed by atoms with Gasteiger partial charge < -0.3 is 15.4 Å². The van der Waals surface area contributed by atoms with Crippen LogP contribution in [-0.4, -0.2) is 41.3 Å². The molecule has 5 N–H and O–H groups in total. The quantitative estimate of drug-likeness (QED) is 0.0853. The number of aromatic nitrogens is 5. The summed E-state index contributed by atoms with van der Waals surface area (Å²) in [5.74, 6) is 0.148. The number of amidine groups is 1. The predicted octanol–water partition coefficient (Wildman–Crippen LogP) is 6.22. The molecule has 47 heavy (non-hydrogen) atoms. The highest BCUT2D eigenvalue weighted by Crippen LogP contribution is 2.41. The average Bonchev–Trinajstić information content (AvgIpc) is 3.61. The first-order chi connectivity index (χ1) is 22.7. The monoisotopic (exact) mass is 621 g/mol. The molecule has 0 aliphatic heterocycles. The molecule has 3 aromatic heterocycles. The molecule has 1 atom stereocenters. The molecule has 1 unspecified atom stereocenters. The molecular formula is C38H37N8O+. The molecule has 6 aromatic rings. The zero-order chi connectivity index (χ0) is 33.0. The Kier molecular flexibility index (Phi) is 8.46. The van der Waals surface area contributed by atoms with E-state index in [0.29, 0.717) is 11.4 Å². The van der Waals surface area contributed by atoms with Gasteiger partial charge >= 0.3 is 5.90 Å². The maximum Gasteiger partial charge on any atom is 0.386 e. The van der Waals surface area contributed by atoms with Crippen LogP contribution in [0.4, 0.5) is 5.95 Å². The van der Waals surface area contributed by atoms with Gasteiger partial charge in [0, 0.05) is 30.4 Å². The molecule has 0 spiro atoms. The molecule has 9 nitrogen and oxygen atoms in total. The minimum absolute atomic E-state index is 0.0153. The van der Waals surface area contributed by atoms with Crippen LogP contribution < -0.4 is 5.73 Å². The molecule has 0 bridgehead atoms. The van der Waals surface area contributed by atoms with Crippen LogP contribution >= 0.6 is 0 Å². The van der Waals surface area contributed by atoms with Gasteiger partial charge in [-0.1, -0.05) is 111 Å². The Morgan fingerprint density at radius 3 is 1.74 bits per heavy atom. The molecule has 0 saturated heterocycles. The molecule has 0 radical (unpaired) electrons. The molecule has 3 aromatic carbocycles. The summed E-state index contributed by atoms with van der Waals surface area (Å²) >= 11 is 0. The molecule has 0 aliphatic rings. The van der Waals surface area contributed by atoms with Crippen molar-refractivity contribution in [2.45, 2.75) is 31.7 Å². The third-order valence-corrected chi connectivity index (χ3v) is 8.99. The summed E-state index contributed by atoms with van der Waals surface area (Å²) in [6.45, 7) is 6.04. The first-order valence-corrected chi connectivity index (χ1v) is 15.4. The van der Waals surface area contributed by atoms with Gasteiger partial charge in [0.05, 0.1) is 17.4 Å². The van der Waals surface area contributed by atoms with Crippen LogP contribution in [0.25, 0.3) is 11.3 Å². The van der Waals surface area contributed by atoms with Crippen LogP contribution in [-0.2, 0) is 11.0 Å². The fourth-order valence-electron chi connectivity index (χ4n) is 5.98. The minimum atomic E-state index is -0.820. The lowest BCUT2D eigenvalue weighted by Gasteiger charge is -2.37. The Labute approximate surface area is 274 Å². The maximum atomic E-state index is 9.16. The molecule has 0 aliphatic carbocycles. The Balaban J connectivity index is 1.39. The lowest BCUT2D eigenvalue weighted by molar-refractivity contribution is 0.442. The number of pyridine rings is 1. The van der Waals surface area contributed by atoms with E-state index in [4.69, 9.17) is 16.2 Å². The SMILES string of the molecule is CC(C)C(C)(C(=N)N=C([OH2+])c1cn(C(c2ccccc2)(c2ccccc2)c2ccccc2)cn1)c1ccc(-c2cnc(N)nc2)nc1. The number of aliphatic imine (C=N–C) groups is 1. The van der Waals surface area contributed by atoms with Crippen molar-refractivity contribution < 1.29 is 5.11 Å². The largest absolute Gasteiger partial charge is 0.577 e. The Morgan fingerprint density at radius 2 is 1.28 bits per heavy atom. The van der Waals surface area contributed by atoms with Crippen molar-refractivity contribution in [1.82, 2.24) is 24.5 Å². The van der Waals surface area contributed by atoms with Crippen molar-refractivity contribution >= 4 is 17.7 Å². The van der Waals surface area contributed by atoms with Crippen molar-refractivity contribution in [2.75, 3.05) is 5.73 Å². The van der Waals surface area contributed by atoms with Crippen molar-refractivity contribution in [3.63, 3.8) is 0 Å². The van der Waals surface area contributed by atoms with Crippen LogP contribution in [0, 0.1) is 11.3 Å². The number of anilines is 1. The topological polar surface area (TPSA) is 142 Å². The first kappa shape index (κ1) is 31.0. The van der Waals surface area contributed by atoms with Crippen LogP contribution in [0.5, 0.6) is 0 Å². The molecule has 6 rings (SSSR count). The van der Waals surface area contributed by atoms with E-state index < -0.39 is 11.0 Å². The summed E-state index contributed by atoms with van der Waals surface area (Å²) < 4.78 is 2.04. The van der Waals surface area contributed by atoms with Gasteiger partial charge in [-0.2, -0.15) is 0 Å². The molecule has 234 valence electrons. The van der Waals surface area contributed by atoms with Crippen molar-refractivity contribution in [2.24, 2.45) is 10.9 Å². The smallest absolute Gasteiger partial charge is 0.386 e. The highest BCUT2D eigenvalue weighted by atomic mass is 16.3. The summed E-state index contributed by atoms with van der Waals surface area (Å²) in [5, 5.41) is 18.2. The van der Waals surface area contributed by atoms with Gasteiger partial charge in [-0.25, -0.2) is 15.0 Å². The number of nitrogens with one attached hydrogen (secondary N) is 1. The number of hydrogen-bond donors (Lipinski definition) is 2. The summed E-state index contributed by atoms with van der Waals surface area (Å²) in [4.78, 5) is 22.0. The molecule has 9 heteroatoms. The Morgan fingerprint density at radius 1 is 0.745 bits per heavy atom. The summed E-state index contributed by atoms with van der Waals surface area (Å²) in [7, 11) is 0. The fourth-order valence-corrected chi connectivity index (χ4v) is 5.98. The fraction of sp³-hybridized carbons (Fsp3) is 0.158. The Bertz CT molecular complexity index is 1890. The number of rotatable bonds is 9. The number of hydrogen-bond acceptors (Lipinski definition) is 6. The van der Waals surface area contributed by atoms with Gasteiger partial charge in [0.15, 0.2) is 5.69 Å². The zero-order valence-electron chi connectivity index (χ0n) is 26.5. The van der Waals surface area contributed by atoms with Gasteiger partial charge in [0.25, 0.3) is 0 Å². The zero-order valence-corrected chi connectivity index (χ0v) is 26.5. The van der Waals surface area contributed by atoms with E-state index in [1.54, 1.807) is 24.9 Å². The van der Waals surface area contributed by atoms with E-state index in [0.717, 1.165) is 27.8 Å². The van der Waals surface area contributed by atoms with E-state index in [-0.39, 0.29) is 23.6 Å².